The van der Waals surface area contributed by atoms with Crippen LogP contribution in [-0.4, -0.2) is 24.1 Å². The third-order valence-corrected chi connectivity index (χ3v) is 3.87. The van der Waals surface area contributed by atoms with Gasteiger partial charge in [0.1, 0.15) is 19.0 Å². The Morgan fingerprint density at radius 2 is 1.74 bits per heavy atom. The average Bonchev–Trinajstić information content (AvgIpc) is 2.55. The first-order valence-corrected chi connectivity index (χ1v) is 7.47. The number of fused-ring (bicyclic) bond motifs is 1. The van der Waals surface area contributed by atoms with E-state index in [0.717, 1.165) is 16.7 Å². The zero-order valence-electron chi connectivity index (χ0n) is 13.1. The fraction of sp³-hybridized carbons (Fsp3) is 0.211. The summed E-state index contributed by atoms with van der Waals surface area (Å²) in [6, 6.07) is 8.84. The molecule has 0 saturated heterocycles. The number of aryl methyl sites for hydroxylation is 2. The summed E-state index contributed by atoms with van der Waals surface area (Å²) in [5, 5.41) is 9.95. The van der Waals surface area contributed by atoms with E-state index in [0.29, 0.717) is 30.3 Å². The molecule has 2 aromatic rings. The highest BCUT2D eigenvalue weighted by Gasteiger charge is 2.12. The summed E-state index contributed by atoms with van der Waals surface area (Å²) < 4.78 is 11.0. The summed E-state index contributed by atoms with van der Waals surface area (Å²) in [5.41, 5.74) is 3.07. The van der Waals surface area contributed by atoms with E-state index in [1.54, 1.807) is 18.2 Å². The zero-order valence-corrected chi connectivity index (χ0v) is 13.1. The zero-order chi connectivity index (χ0) is 16.4. The summed E-state index contributed by atoms with van der Waals surface area (Å²) in [4.78, 5) is 12.3. The Labute approximate surface area is 135 Å². The van der Waals surface area contributed by atoms with Crippen LogP contribution in [0.1, 0.15) is 27.0 Å². The lowest BCUT2D eigenvalue weighted by atomic mass is 10.0. The molecule has 1 aliphatic heterocycles. The molecule has 0 aromatic heterocycles. The Balaban J connectivity index is 1.82. The third-order valence-electron chi connectivity index (χ3n) is 3.87. The number of phenols is 1. The second kappa shape index (κ2) is 6.16. The molecule has 4 nitrogen and oxygen atoms in total. The second-order valence-corrected chi connectivity index (χ2v) is 5.55. The standard InChI is InChI=1S/C19H18O4/c1-12-9-15(17(21)10-13(12)2)16(20)5-3-14-4-6-18-19(11-14)23-8-7-22-18/h3-6,9-11,21H,7-8H2,1-2H3/b5-3-. The first kappa shape index (κ1) is 15.2. The van der Waals surface area contributed by atoms with Gasteiger partial charge >= 0.3 is 0 Å². The van der Waals surface area contributed by atoms with Crippen LogP contribution in [0.4, 0.5) is 0 Å². The molecule has 0 spiro atoms. The van der Waals surface area contributed by atoms with E-state index in [1.165, 1.54) is 6.08 Å². The highest BCUT2D eigenvalue weighted by Crippen LogP contribution is 2.31. The molecular weight excluding hydrogens is 292 g/mol. The number of aromatic hydroxyl groups is 1. The van der Waals surface area contributed by atoms with Crippen LogP contribution in [-0.2, 0) is 0 Å². The second-order valence-electron chi connectivity index (χ2n) is 5.55. The monoisotopic (exact) mass is 310 g/mol. The summed E-state index contributed by atoms with van der Waals surface area (Å²) in [6.07, 6.45) is 3.16. The van der Waals surface area contributed by atoms with Gasteiger partial charge < -0.3 is 14.6 Å². The van der Waals surface area contributed by atoms with Crippen molar-refractivity contribution in [2.24, 2.45) is 0 Å². The van der Waals surface area contributed by atoms with Crippen molar-refractivity contribution in [1.82, 2.24) is 0 Å². The molecule has 0 bridgehead atoms. The fourth-order valence-corrected chi connectivity index (χ4v) is 2.42. The van der Waals surface area contributed by atoms with Gasteiger partial charge in [0.25, 0.3) is 0 Å². The van der Waals surface area contributed by atoms with Gasteiger partial charge in [0, 0.05) is 0 Å². The lowest BCUT2D eigenvalue weighted by Crippen LogP contribution is -2.15. The topological polar surface area (TPSA) is 55.8 Å². The average molecular weight is 310 g/mol. The first-order chi connectivity index (χ1) is 11.0. The molecule has 1 aliphatic rings. The Bertz CT molecular complexity index is 790. The molecule has 3 rings (SSSR count). The number of benzene rings is 2. The number of carbonyl (C=O) groups is 1. The number of ketones is 1. The van der Waals surface area contributed by atoms with E-state index in [9.17, 15) is 9.90 Å². The minimum atomic E-state index is -0.236. The quantitative estimate of drug-likeness (QED) is 0.694. The molecule has 0 amide bonds. The van der Waals surface area contributed by atoms with Crippen molar-refractivity contribution in [1.29, 1.82) is 0 Å². The van der Waals surface area contributed by atoms with Gasteiger partial charge in [-0.2, -0.15) is 0 Å². The van der Waals surface area contributed by atoms with E-state index < -0.39 is 0 Å². The van der Waals surface area contributed by atoms with Crippen molar-refractivity contribution >= 4 is 11.9 Å². The van der Waals surface area contributed by atoms with Gasteiger partial charge in [-0.3, -0.25) is 4.79 Å². The molecule has 23 heavy (non-hydrogen) atoms. The number of hydrogen-bond donors (Lipinski definition) is 1. The molecule has 0 radical (unpaired) electrons. The minimum Gasteiger partial charge on any atom is -0.507 e. The number of hydrogen-bond acceptors (Lipinski definition) is 4. The van der Waals surface area contributed by atoms with Crippen molar-refractivity contribution in [3.8, 4) is 17.2 Å². The SMILES string of the molecule is Cc1cc(O)c(C(=O)/C=C\c2ccc3c(c2)OCCO3)cc1C. The normalized spacial score (nSPS) is 13.3. The van der Waals surface area contributed by atoms with Gasteiger partial charge in [-0.15, -0.1) is 0 Å². The van der Waals surface area contributed by atoms with Crippen molar-refractivity contribution in [3.05, 3.63) is 58.7 Å². The summed E-state index contributed by atoms with van der Waals surface area (Å²) in [5.74, 6) is 1.16. The molecule has 1 heterocycles. The predicted molar refractivity (Wildman–Crippen MR) is 88.4 cm³/mol. The summed E-state index contributed by atoms with van der Waals surface area (Å²) in [6.45, 7) is 4.88. The van der Waals surface area contributed by atoms with Gasteiger partial charge in [0.15, 0.2) is 17.3 Å². The highest BCUT2D eigenvalue weighted by atomic mass is 16.6. The summed E-state index contributed by atoms with van der Waals surface area (Å²) in [7, 11) is 0. The van der Waals surface area contributed by atoms with Gasteiger partial charge in [-0.1, -0.05) is 12.1 Å². The van der Waals surface area contributed by atoms with Gasteiger partial charge in [0.2, 0.25) is 0 Å². The van der Waals surface area contributed by atoms with Crippen molar-refractivity contribution in [2.75, 3.05) is 13.2 Å². The van der Waals surface area contributed by atoms with Crippen LogP contribution in [0.2, 0.25) is 0 Å². The van der Waals surface area contributed by atoms with Crippen LogP contribution in [0.15, 0.2) is 36.4 Å². The number of rotatable bonds is 3. The molecule has 0 unspecified atom stereocenters. The molecule has 0 aliphatic carbocycles. The molecular formula is C19H18O4. The van der Waals surface area contributed by atoms with Crippen molar-refractivity contribution in [3.63, 3.8) is 0 Å². The predicted octanol–water partition coefficient (Wildman–Crippen LogP) is 3.68. The Hall–Kier alpha value is -2.75. The van der Waals surface area contributed by atoms with Crippen LogP contribution in [0.5, 0.6) is 17.2 Å². The summed E-state index contributed by atoms with van der Waals surface area (Å²) >= 11 is 0. The van der Waals surface area contributed by atoms with Gasteiger partial charge in [0.05, 0.1) is 5.56 Å². The Kier molecular flexibility index (Phi) is 4.06. The van der Waals surface area contributed by atoms with E-state index in [2.05, 4.69) is 0 Å². The van der Waals surface area contributed by atoms with Gasteiger partial charge in [-0.25, -0.2) is 0 Å². The van der Waals surface area contributed by atoms with Crippen LogP contribution in [0, 0.1) is 13.8 Å². The van der Waals surface area contributed by atoms with E-state index in [-0.39, 0.29) is 11.5 Å². The maximum Gasteiger partial charge on any atom is 0.189 e. The van der Waals surface area contributed by atoms with Crippen molar-refractivity contribution < 1.29 is 19.4 Å². The number of phenolic OH excluding ortho intramolecular Hbond substituents is 1. The van der Waals surface area contributed by atoms with Crippen LogP contribution < -0.4 is 9.47 Å². The molecule has 0 atom stereocenters. The van der Waals surface area contributed by atoms with Crippen LogP contribution >= 0.6 is 0 Å². The minimum absolute atomic E-state index is 0.00456. The number of carbonyl (C=O) groups excluding carboxylic acids is 1. The van der Waals surface area contributed by atoms with Crippen LogP contribution in [0.25, 0.3) is 6.08 Å². The number of ether oxygens (including phenoxy) is 2. The van der Waals surface area contributed by atoms with E-state index in [4.69, 9.17) is 9.47 Å². The molecule has 4 heteroatoms. The molecule has 118 valence electrons. The molecule has 2 aromatic carbocycles. The highest BCUT2D eigenvalue weighted by molar-refractivity contribution is 6.08. The third kappa shape index (κ3) is 3.21. The van der Waals surface area contributed by atoms with E-state index in [1.807, 2.05) is 32.0 Å². The van der Waals surface area contributed by atoms with Gasteiger partial charge in [-0.05, 0) is 60.9 Å². The smallest absolute Gasteiger partial charge is 0.189 e. The first-order valence-electron chi connectivity index (χ1n) is 7.47. The van der Waals surface area contributed by atoms with E-state index >= 15 is 0 Å². The van der Waals surface area contributed by atoms with Crippen LogP contribution in [0.3, 0.4) is 0 Å². The molecule has 0 saturated carbocycles. The molecule has 0 fully saturated rings. The fourth-order valence-electron chi connectivity index (χ4n) is 2.42. The number of allylic oxidation sites excluding steroid dienone is 1. The Morgan fingerprint density at radius 3 is 2.52 bits per heavy atom. The Morgan fingerprint density at radius 1 is 1.04 bits per heavy atom. The molecule has 1 N–H and O–H groups in total. The maximum absolute atomic E-state index is 12.3. The van der Waals surface area contributed by atoms with Crippen molar-refractivity contribution in [2.45, 2.75) is 13.8 Å². The lowest BCUT2D eigenvalue weighted by Gasteiger charge is -2.18. The largest absolute Gasteiger partial charge is 0.507 e. The lowest BCUT2D eigenvalue weighted by molar-refractivity contribution is 0.104. The maximum atomic E-state index is 12.3.